The van der Waals surface area contributed by atoms with Gasteiger partial charge in [-0.2, -0.15) is 0 Å². The van der Waals surface area contributed by atoms with E-state index in [2.05, 4.69) is 0 Å². The third-order valence-corrected chi connectivity index (χ3v) is 4.04. The second kappa shape index (κ2) is 6.47. The first kappa shape index (κ1) is 16.2. The fourth-order valence-corrected chi connectivity index (χ4v) is 2.77. The van der Waals surface area contributed by atoms with Gasteiger partial charge in [0.05, 0.1) is 18.5 Å². The summed E-state index contributed by atoms with van der Waals surface area (Å²) in [6.07, 6.45) is 1.34. The molecule has 0 aliphatic heterocycles. The Morgan fingerprint density at radius 2 is 1.79 bits per heavy atom. The Balaban J connectivity index is 2.15. The van der Waals surface area contributed by atoms with Crippen molar-refractivity contribution in [1.29, 1.82) is 0 Å². The van der Waals surface area contributed by atoms with Crippen LogP contribution in [-0.4, -0.2) is 26.7 Å². The zero-order valence-corrected chi connectivity index (χ0v) is 13.3. The number of carboxylic acids is 1. The number of halogens is 1. The van der Waals surface area contributed by atoms with Crippen molar-refractivity contribution in [2.24, 2.45) is 0 Å². The Kier molecular flexibility index (Phi) is 4.38. The number of rotatable bonds is 4. The van der Waals surface area contributed by atoms with E-state index in [1.165, 1.54) is 10.8 Å². The number of carbonyl (C=O) groups is 2. The summed E-state index contributed by atoms with van der Waals surface area (Å²) < 4.78 is 1.43. The van der Waals surface area contributed by atoms with Crippen molar-refractivity contribution >= 4 is 34.4 Å². The van der Waals surface area contributed by atoms with E-state index in [0.29, 0.717) is 32.6 Å². The normalized spacial score (nSPS) is 10.9. The lowest BCUT2D eigenvalue weighted by Gasteiger charge is -2.05. The van der Waals surface area contributed by atoms with E-state index in [1.54, 1.807) is 42.5 Å². The molecule has 0 bridgehead atoms. The Morgan fingerprint density at radius 3 is 2.42 bits per heavy atom. The first-order valence-electron chi connectivity index (χ1n) is 7.25. The second-order valence-corrected chi connectivity index (χ2v) is 5.85. The molecule has 0 amide bonds. The second-order valence-electron chi connectivity index (χ2n) is 5.42. The van der Waals surface area contributed by atoms with E-state index in [0.717, 1.165) is 0 Å². The number of hydrogen-bond acceptors (Lipinski definition) is 3. The van der Waals surface area contributed by atoms with Gasteiger partial charge < -0.3 is 10.2 Å². The molecule has 1 aromatic heterocycles. The molecule has 0 atom stereocenters. The van der Waals surface area contributed by atoms with Crippen molar-refractivity contribution in [2.75, 3.05) is 0 Å². The highest BCUT2D eigenvalue weighted by Crippen LogP contribution is 2.25. The standard InChI is InChI=1S/C18H14ClNO4/c19-14-4-2-12(3-5-14)18(24)20-9-13(8-17(22)23)15-7-11(10-21)1-6-16(15)20/h1-7,9,21H,8,10H2,(H,22,23). The molecule has 0 aliphatic carbocycles. The minimum atomic E-state index is -0.984. The number of fused-ring (bicyclic) bond motifs is 1. The topological polar surface area (TPSA) is 79.5 Å². The average Bonchev–Trinajstić information content (AvgIpc) is 2.92. The lowest BCUT2D eigenvalue weighted by molar-refractivity contribution is -0.136. The van der Waals surface area contributed by atoms with Gasteiger partial charge in [0, 0.05) is 22.2 Å². The van der Waals surface area contributed by atoms with Crippen LogP contribution in [0, 0.1) is 0 Å². The number of aliphatic hydroxyl groups excluding tert-OH is 1. The van der Waals surface area contributed by atoms with Gasteiger partial charge in [0.1, 0.15) is 0 Å². The third-order valence-electron chi connectivity index (χ3n) is 3.79. The highest BCUT2D eigenvalue weighted by molar-refractivity contribution is 6.30. The number of nitrogens with zero attached hydrogens (tertiary/aromatic N) is 1. The maximum absolute atomic E-state index is 12.7. The largest absolute Gasteiger partial charge is 0.481 e. The summed E-state index contributed by atoms with van der Waals surface area (Å²) in [5.41, 5.74) is 2.23. The van der Waals surface area contributed by atoms with Gasteiger partial charge in [-0.25, -0.2) is 0 Å². The summed E-state index contributed by atoms with van der Waals surface area (Å²) in [6, 6.07) is 11.6. The van der Waals surface area contributed by atoms with Crippen LogP contribution < -0.4 is 0 Å². The molecule has 2 aromatic carbocycles. The molecule has 1 heterocycles. The Hall–Kier alpha value is -2.63. The van der Waals surface area contributed by atoms with Gasteiger partial charge in [-0.3, -0.25) is 14.2 Å². The van der Waals surface area contributed by atoms with E-state index >= 15 is 0 Å². The van der Waals surface area contributed by atoms with Gasteiger partial charge in [-0.05, 0) is 47.5 Å². The van der Waals surface area contributed by atoms with E-state index in [-0.39, 0.29) is 18.9 Å². The first-order valence-corrected chi connectivity index (χ1v) is 7.63. The predicted molar refractivity (Wildman–Crippen MR) is 90.4 cm³/mol. The van der Waals surface area contributed by atoms with Crippen LogP contribution in [0.3, 0.4) is 0 Å². The minimum absolute atomic E-state index is 0.154. The monoisotopic (exact) mass is 343 g/mol. The summed E-state index contributed by atoms with van der Waals surface area (Å²) in [7, 11) is 0. The number of hydrogen-bond donors (Lipinski definition) is 2. The van der Waals surface area contributed by atoms with Crippen molar-refractivity contribution in [3.05, 3.63) is 70.4 Å². The quantitative estimate of drug-likeness (QED) is 0.763. The van der Waals surface area contributed by atoms with Crippen molar-refractivity contribution in [3.8, 4) is 0 Å². The Morgan fingerprint density at radius 1 is 1.08 bits per heavy atom. The summed E-state index contributed by atoms with van der Waals surface area (Å²) in [5.74, 6) is -1.26. The Bertz CT molecular complexity index is 928. The summed E-state index contributed by atoms with van der Waals surface area (Å²) >= 11 is 5.85. The molecular formula is C18H14ClNO4. The number of aliphatic carboxylic acids is 1. The molecule has 6 heteroatoms. The van der Waals surface area contributed by atoms with Crippen molar-refractivity contribution in [1.82, 2.24) is 4.57 Å². The van der Waals surface area contributed by atoms with Gasteiger partial charge in [-0.1, -0.05) is 17.7 Å². The van der Waals surface area contributed by atoms with Gasteiger partial charge in [0.2, 0.25) is 0 Å². The minimum Gasteiger partial charge on any atom is -0.481 e. The van der Waals surface area contributed by atoms with Crippen LogP contribution >= 0.6 is 11.6 Å². The fourth-order valence-electron chi connectivity index (χ4n) is 2.65. The molecule has 2 N–H and O–H groups in total. The Labute approximate surface area is 142 Å². The summed E-state index contributed by atoms with van der Waals surface area (Å²) in [4.78, 5) is 23.8. The average molecular weight is 344 g/mol. The number of benzene rings is 2. The lowest BCUT2D eigenvalue weighted by atomic mass is 10.1. The molecule has 0 radical (unpaired) electrons. The molecule has 0 saturated heterocycles. The van der Waals surface area contributed by atoms with Crippen LogP contribution in [0.1, 0.15) is 21.5 Å². The number of carboxylic acid groups (broad SMARTS) is 1. The van der Waals surface area contributed by atoms with Crippen LogP contribution in [0.2, 0.25) is 5.02 Å². The maximum atomic E-state index is 12.7. The number of aliphatic hydroxyl groups is 1. The van der Waals surface area contributed by atoms with Crippen LogP contribution in [0.4, 0.5) is 0 Å². The van der Waals surface area contributed by atoms with Gasteiger partial charge in [0.15, 0.2) is 0 Å². The van der Waals surface area contributed by atoms with Crippen LogP contribution in [0.5, 0.6) is 0 Å². The van der Waals surface area contributed by atoms with Gasteiger partial charge >= 0.3 is 5.97 Å². The van der Waals surface area contributed by atoms with Crippen LogP contribution in [0.15, 0.2) is 48.7 Å². The zero-order valence-electron chi connectivity index (χ0n) is 12.6. The highest BCUT2D eigenvalue weighted by Gasteiger charge is 2.17. The maximum Gasteiger partial charge on any atom is 0.307 e. The molecule has 3 rings (SSSR count). The van der Waals surface area contributed by atoms with E-state index in [4.69, 9.17) is 16.7 Å². The van der Waals surface area contributed by atoms with Gasteiger partial charge in [0.25, 0.3) is 5.91 Å². The van der Waals surface area contributed by atoms with Crippen LogP contribution in [-0.2, 0) is 17.8 Å². The van der Waals surface area contributed by atoms with Crippen molar-refractivity contribution in [2.45, 2.75) is 13.0 Å². The molecule has 0 saturated carbocycles. The highest BCUT2D eigenvalue weighted by atomic mass is 35.5. The molecule has 0 unspecified atom stereocenters. The van der Waals surface area contributed by atoms with E-state index < -0.39 is 5.97 Å². The molecule has 5 nitrogen and oxygen atoms in total. The van der Waals surface area contributed by atoms with Gasteiger partial charge in [-0.15, -0.1) is 0 Å². The zero-order chi connectivity index (χ0) is 17.3. The first-order chi connectivity index (χ1) is 11.5. The van der Waals surface area contributed by atoms with Crippen molar-refractivity contribution < 1.29 is 19.8 Å². The van der Waals surface area contributed by atoms with E-state index in [1.807, 2.05) is 0 Å². The molecular weight excluding hydrogens is 330 g/mol. The predicted octanol–water partition coefficient (Wildman–Crippen LogP) is 3.10. The van der Waals surface area contributed by atoms with E-state index in [9.17, 15) is 14.7 Å². The third kappa shape index (κ3) is 3.04. The summed E-state index contributed by atoms with van der Waals surface area (Å²) in [5, 5.41) is 19.6. The fraction of sp³-hybridized carbons (Fsp3) is 0.111. The SMILES string of the molecule is O=C(O)Cc1cn(C(=O)c2ccc(Cl)cc2)c2ccc(CO)cc12. The van der Waals surface area contributed by atoms with Crippen LogP contribution in [0.25, 0.3) is 10.9 Å². The molecule has 0 spiro atoms. The number of aromatic nitrogens is 1. The molecule has 122 valence electrons. The lowest BCUT2D eigenvalue weighted by Crippen LogP contribution is -2.10. The molecule has 24 heavy (non-hydrogen) atoms. The smallest absolute Gasteiger partial charge is 0.307 e. The molecule has 0 aliphatic rings. The van der Waals surface area contributed by atoms with Crippen molar-refractivity contribution in [3.63, 3.8) is 0 Å². The summed E-state index contributed by atoms with van der Waals surface area (Å²) in [6.45, 7) is -0.154. The molecule has 0 fully saturated rings. The number of carbonyl (C=O) groups excluding carboxylic acids is 1. The molecule has 3 aromatic rings.